The molecule has 0 fully saturated rings. The summed E-state index contributed by atoms with van der Waals surface area (Å²) in [6.07, 6.45) is 9.30. The summed E-state index contributed by atoms with van der Waals surface area (Å²) in [6.45, 7) is 5.63. The van der Waals surface area contributed by atoms with E-state index in [0.717, 1.165) is 6.54 Å². The third-order valence-electron chi connectivity index (χ3n) is 3.51. The van der Waals surface area contributed by atoms with Gasteiger partial charge in [-0.25, -0.2) is 0 Å². The lowest BCUT2D eigenvalue weighted by Crippen LogP contribution is -2.22. The van der Waals surface area contributed by atoms with Crippen molar-refractivity contribution in [1.82, 2.24) is 5.32 Å². The first-order valence-corrected chi connectivity index (χ1v) is 8.84. The predicted molar refractivity (Wildman–Crippen MR) is 93.6 cm³/mol. The maximum absolute atomic E-state index is 3.69. The molecule has 0 aromatic heterocycles. The molecule has 0 spiro atoms. The predicted octanol–water partition coefficient (Wildman–Crippen LogP) is 5.69. The van der Waals surface area contributed by atoms with Gasteiger partial charge in [0.05, 0.1) is 0 Å². The van der Waals surface area contributed by atoms with Gasteiger partial charge in [0.2, 0.25) is 0 Å². The van der Waals surface area contributed by atoms with Gasteiger partial charge in [0.1, 0.15) is 0 Å². The fourth-order valence-electron chi connectivity index (χ4n) is 2.35. The summed E-state index contributed by atoms with van der Waals surface area (Å²) in [5.74, 6) is 0. The Morgan fingerprint density at radius 2 is 1.63 bits per heavy atom. The van der Waals surface area contributed by atoms with Gasteiger partial charge in [0.15, 0.2) is 0 Å². The van der Waals surface area contributed by atoms with Crippen LogP contribution in [-0.2, 0) is 0 Å². The molecule has 1 rings (SSSR count). The van der Waals surface area contributed by atoms with Crippen LogP contribution in [0.25, 0.3) is 0 Å². The van der Waals surface area contributed by atoms with Crippen molar-refractivity contribution >= 4 is 22.6 Å². The lowest BCUT2D eigenvalue weighted by molar-refractivity contribution is 0.468. The number of hydrogen-bond donors (Lipinski definition) is 1. The molecule has 1 unspecified atom stereocenters. The van der Waals surface area contributed by atoms with E-state index in [1.54, 1.807) is 0 Å². The van der Waals surface area contributed by atoms with Crippen LogP contribution in [-0.4, -0.2) is 6.54 Å². The van der Waals surface area contributed by atoms with E-state index in [9.17, 15) is 0 Å². The van der Waals surface area contributed by atoms with E-state index in [1.807, 2.05) is 0 Å². The van der Waals surface area contributed by atoms with Crippen molar-refractivity contribution in [3.8, 4) is 0 Å². The molecule has 0 bridgehead atoms. The minimum absolute atomic E-state index is 0.540. The van der Waals surface area contributed by atoms with Crippen LogP contribution in [0.1, 0.15) is 70.4 Å². The van der Waals surface area contributed by atoms with Crippen molar-refractivity contribution in [2.45, 2.75) is 64.8 Å². The van der Waals surface area contributed by atoms with Crippen molar-refractivity contribution in [1.29, 1.82) is 0 Å². The number of benzene rings is 1. The molecule has 0 saturated carbocycles. The quantitative estimate of drug-likeness (QED) is 0.410. The molecule has 0 amide bonds. The minimum Gasteiger partial charge on any atom is -0.310 e. The first-order chi connectivity index (χ1) is 9.27. The van der Waals surface area contributed by atoms with E-state index >= 15 is 0 Å². The molecule has 0 saturated heterocycles. The smallest absolute Gasteiger partial charge is 0.0320 e. The molecule has 1 aromatic rings. The third-order valence-corrected chi connectivity index (χ3v) is 4.23. The molecule has 1 N–H and O–H groups in total. The Balaban J connectivity index is 2.44. The zero-order valence-corrected chi connectivity index (χ0v) is 14.6. The Morgan fingerprint density at radius 3 is 2.26 bits per heavy atom. The first kappa shape index (κ1) is 17.0. The van der Waals surface area contributed by atoms with Crippen molar-refractivity contribution in [3.05, 3.63) is 33.4 Å². The van der Waals surface area contributed by atoms with Gasteiger partial charge in [0, 0.05) is 9.61 Å². The lowest BCUT2D eigenvalue weighted by Gasteiger charge is -2.19. The average Bonchev–Trinajstić information content (AvgIpc) is 2.43. The van der Waals surface area contributed by atoms with Crippen LogP contribution in [0.3, 0.4) is 0 Å². The highest BCUT2D eigenvalue weighted by molar-refractivity contribution is 14.1. The van der Waals surface area contributed by atoms with E-state index in [0.29, 0.717) is 6.04 Å². The fourth-order valence-corrected chi connectivity index (χ4v) is 2.71. The molecule has 1 aromatic carbocycles. The number of rotatable bonds is 10. The maximum Gasteiger partial charge on any atom is 0.0320 e. The SMILES string of the molecule is CCCCCCCC(NCCC)c1ccc(I)cc1. The van der Waals surface area contributed by atoms with Gasteiger partial charge in [-0.15, -0.1) is 0 Å². The van der Waals surface area contributed by atoms with Crippen molar-refractivity contribution in [2.75, 3.05) is 6.54 Å². The summed E-state index contributed by atoms with van der Waals surface area (Å²) in [4.78, 5) is 0. The van der Waals surface area contributed by atoms with E-state index in [-0.39, 0.29) is 0 Å². The molecular formula is C17H28IN. The Bertz CT molecular complexity index is 321. The summed E-state index contributed by atoms with van der Waals surface area (Å²) >= 11 is 2.37. The number of halogens is 1. The van der Waals surface area contributed by atoms with E-state index < -0.39 is 0 Å². The number of nitrogens with one attached hydrogen (secondary N) is 1. The van der Waals surface area contributed by atoms with Gasteiger partial charge >= 0.3 is 0 Å². The lowest BCUT2D eigenvalue weighted by atomic mass is 9.99. The zero-order chi connectivity index (χ0) is 13.9. The summed E-state index contributed by atoms with van der Waals surface area (Å²) in [6, 6.07) is 9.53. The highest BCUT2D eigenvalue weighted by Crippen LogP contribution is 2.21. The van der Waals surface area contributed by atoms with Crippen LogP contribution in [0.4, 0.5) is 0 Å². The molecule has 0 radical (unpaired) electrons. The molecule has 0 aliphatic rings. The van der Waals surface area contributed by atoms with Gasteiger partial charge in [-0.05, 0) is 59.7 Å². The van der Waals surface area contributed by atoms with Crippen LogP contribution in [0, 0.1) is 3.57 Å². The van der Waals surface area contributed by atoms with Gasteiger partial charge < -0.3 is 5.32 Å². The van der Waals surface area contributed by atoms with Gasteiger partial charge in [0.25, 0.3) is 0 Å². The zero-order valence-electron chi connectivity index (χ0n) is 12.4. The molecule has 108 valence electrons. The van der Waals surface area contributed by atoms with E-state index in [2.05, 4.69) is 66.0 Å². The van der Waals surface area contributed by atoms with Crippen molar-refractivity contribution in [2.24, 2.45) is 0 Å². The Labute approximate surface area is 132 Å². The number of unbranched alkanes of at least 4 members (excludes halogenated alkanes) is 4. The second kappa shape index (κ2) is 10.7. The van der Waals surface area contributed by atoms with E-state index in [4.69, 9.17) is 0 Å². The summed E-state index contributed by atoms with van der Waals surface area (Å²) in [5.41, 5.74) is 1.45. The Morgan fingerprint density at radius 1 is 0.947 bits per heavy atom. The van der Waals surface area contributed by atoms with Crippen LogP contribution in [0.5, 0.6) is 0 Å². The number of hydrogen-bond acceptors (Lipinski definition) is 1. The molecular weight excluding hydrogens is 345 g/mol. The second-order valence-electron chi connectivity index (χ2n) is 5.26. The fraction of sp³-hybridized carbons (Fsp3) is 0.647. The standard InChI is InChI=1S/C17H28IN/c1-3-5-6-7-8-9-17(19-14-4-2)15-10-12-16(18)13-11-15/h10-13,17,19H,3-9,14H2,1-2H3. The molecule has 0 aliphatic heterocycles. The van der Waals surface area contributed by atoms with Crippen molar-refractivity contribution in [3.63, 3.8) is 0 Å². The van der Waals surface area contributed by atoms with Gasteiger partial charge in [-0.1, -0.05) is 58.1 Å². The molecule has 0 heterocycles. The summed E-state index contributed by atoms with van der Waals surface area (Å²) < 4.78 is 1.32. The second-order valence-corrected chi connectivity index (χ2v) is 6.51. The van der Waals surface area contributed by atoms with Crippen LogP contribution < -0.4 is 5.32 Å². The molecule has 1 atom stereocenters. The minimum atomic E-state index is 0.540. The highest BCUT2D eigenvalue weighted by atomic mass is 127. The normalized spacial score (nSPS) is 12.6. The topological polar surface area (TPSA) is 12.0 Å². The molecule has 0 aliphatic carbocycles. The van der Waals surface area contributed by atoms with Crippen molar-refractivity contribution < 1.29 is 0 Å². The third kappa shape index (κ3) is 7.31. The van der Waals surface area contributed by atoms with E-state index in [1.165, 1.54) is 54.1 Å². The van der Waals surface area contributed by atoms with Gasteiger partial charge in [-0.3, -0.25) is 0 Å². The molecule has 2 heteroatoms. The van der Waals surface area contributed by atoms with Crippen LogP contribution >= 0.6 is 22.6 Å². The largest absolute Gasteiger partial charge is 0.310 e. The Kier molecular flexibility index (Phi) is 9.52. The first-order valence-electron chi connectivity index (χ1n) is 7.76. The Hall–Kier alpha value is -0.0900. The summed E-state index contributed by atoms with van der Waals surface area (Å²) in [5, 5.41) is 3.69. The average molecular weight is 373 g/mol. The molecule has 19 heavy (non-hydrogen) atoms. The highest BCUT2D eigenvalue weighted by Gasteiger charge is 2.09. The monoisotopic (exact) mass is 373 g/mol. The van der Waals surface area contributed by atoms with Gasteiger partial charge in [-0.2, -0.15) is 0 Å². The van der Waals surface area contributed by atoms with Crippen LogP contribution in [0.15, 0.2) is 24.3 Å². The summed E-state index contributed by atoms with van der Waals surface area (Å²) in [7, 11) is 0. The maximum atomic E-state index is 3.69. The van der Waals surface area contributed by atoms with Crippen LogP contribution in [0.2, 0.25) is 0 Å². The molecule has 1 nitrogen and oxygen atoms in total.